The summed E-state index contributed by atoms with van der Waals surface area (Å²) in [6.07, 6.45) is 0.290. The van der Waals surface area contributed by atoms with Crippen LogP contribution in [-0.4, -0.2) is 21.3 Å². The largest absolute Gasteiger partial charge is 0.478 e. The molecule has 0 amide bonds. The van der Waals surface area contributed by atoms with Crippen LogP contribution in [0.1, 0.15) is 35.5 Å². The highest BCUT2D eigenvalue weighted by Crippen LogP contribution is 2.18. The van der Waals surface area contributed by atoms with E-state index in [1.165, 1.54) is 12.1 Å². The van der Waals surface area contributed by atoms with Gasteiger partial charge in [0.2, 0.25) is 0 Å². The Labute approximate surface area is 137 Å². The van der Waals surface area contributed by atoms with Crippen molar-refractivity contribution in [3.8, 4) is 0 Å². The number of rotatable bonds is 3. The number of carboxylic acids is 1. The summed E-state index contributed by atoms with van der Waals surface area (Å²) in [5.41, 5.74) is 0.526. The summed E-state index contributed by atoms with van der Waals surface area (Å²) >= 11 is 0. The van der Waals surface area contributed by atoms with Crippen molar-refractivity contribution < 1.29 is 14.3 Å². The predicted octanol–water partition coefficient (Wildman–Crippen LogP) is 3.38. The molecule has 0 unspecified atom stereocenters. The molecule has 0 saturated carbocycles. The molecule has 24 heavy (non-hydrogen) atoms. The van der Waals surface area contributed by atoms with Crippen LogP contribution in [0, 0.1) is 5.82 Å². The number of aromatic carboxylic acids is 1. The SMILES string of the molecule is CC.O=C(O)c1cc(Cc2n[nH]c(=O)c3ccccc23)ccc1F. The molecule has 0 fully saturated rings. The van der Waals surface area contributed by atoms with Crippen LogP contribution >= 0.6 is 0 Å². The van der Waals surface area contributed by atoms with Crippen LogP contribution in [0.15, 0.2) is 47.3 Å². The van der Waals surface area contributed by atoms with Crippen molar-refractivity contribution in [2.24, 2.45) is 0 Å². The molecule has 0 bridgehead atoms. The minimum atomic E-state index is -1.32. The Bertz CT molecular complexity index is 935. The van der Waals surface area contributed by atoms with E-state index in [-0.39, 0.29) is 17.5 Å². The van der Waals surface area contributed by atoms with Gasteiger partial charge in [0.15, 0.2) is 0 Å². The van der Waals surface area contributed by atoms with Crippen LogP contribution in [0.3, 0.4) is 0 Å². The zero-order valence-electron chi connectivity index (χ0n) is 13.3. The molecule has 2 aromatic carbocycles. The molecule has 0 spiro atoms. The average Bonchev–Trinajstić information content (AvgIpc) is 2.61. The molecule has 3 rings (SSSR count). The first kappa shape index (κ1) is 17.3. The number of fused-ring (bicyclic) bond motifs is 1. The number of aromatic amines is 1. The van der Waals surface area contributed by atoms with Gasteiger partial charge in [-0.15, -0.1) is 0 Å². The van der Waals surface area contributed by atoms with Gasteiger partial charge in [0.05, 0.1) is 16.6 Å². The molecule has 0 radical (unpaired) electrons. The fourth-order valence-corrected chi connectivity index (χ4v) is 2.35. The number of halogens is 1. The number of nitrogens with zero attached hydrogens (tertiary/aromatic N) is 1. The molecule has 0 saturated heterocycles. The van der Waals surface area contributed by atoms with E-state index in [1.807, 2.05) is 13.8 Å². The highest BCUT2D eigenvalue weighted by Gasteiger charge is 2.12. The Morgan fingerprint density at radius 3 is 2.50 bits per heavy atom. The Morgan fingerprint density at radius 2 is 1.83 bits per heavy atom. The summed E-state index contributed by atoms with van der Waals surface area (Å²) in [7, 11) is 0. The van der Waals surface area contributed by atoms with Crippen molar-refractivity contribution in [2.75, 3.05) is 0 Å². The van der Waals surface area contributed by atoms with E-state index in [0.717, 1.165) is 6.07 Å². The number of carboxylic acid groups (broad SMARTS) is 1. The molecule has 0 aliphatic carbocycles. The summed E-state index contributed by atoms with van der Waals surface area (Å²) in [5.74, 6) is -2.10. The zero-order chi connectivity index (χ0) is 17.7. The van der Waals surface area contributed by atoms with E-state index in [0.29, 0.717) is 22.0 Å². The van der Waals surface area contributed by atoms with Crippen LogP contribution in [0.4, 0.5) is 4.39 Å². The second-order valence-electron chi connectivity index (χ2n) is 4.84. The first-order valence-electron chi connectivity index (χ1n) is 7.54. The topological polar surface area (TPSA) is 83.0 Å². The zero-order valence-corrected chi connectivity index (χ0v) is 13.3. The van der Waals surface area contributed by atoms with Gasteiger partial charge in [-0.2, -0.15) is 5.10 Å². The second-order valence-corrected chi connectivity index (χ2v) is 4.84. The summed E-state index contributed by atoms with van der Waals surface area (Å²) < 4.78 is 13.4. The van der Waals surface area contributed by atoms with Gasteiger partial charge in [0.1, 0.15) is 5.82 Å². The minimum Gasteiger partial charge on any atom is -0.478 e. The van der Waals surface area contributed by atoms with Crippen molar-refractivity contribution in [2.45, 2.75) is 20.3 Å². The van der Waals surface area contributed by atoms with E-state index < -0.39 is 11.8 Å². The van der Waals surface area contributed by atoms with Crippen LogP contribution in [0.2, 0.25) is 0 Å². The highest BCUT2D eigenvalue weighted by atomic mass is 19.1. The Balaban J connectivity index is 0.00000100. The third-order valence-electron chi connectivity index (χ3n) is 3.41. The van der Waals surface area contributed by atoms with Crippen LogP contribution < -0.4 is 5.56 Å². The fraction of sp³-hybridized carbons (Fsp3) is 0.167. The number of H-pyrrole nitrogens is 1. The number of aromatic nitrogens is 2. The monoisotopic (exact) mass is 328 g/mol. The highest BCUT2D eigenvalue weighted by molar-refractivity contribution is 5.88. The van der Waals surface area contributed by atoms with Crippen molar-refractivity contribution in [1.82, 2.24) is 10.2 Å². The van der Waals surface area contributed by atoms with Gasteiger partial charge >= 0.3 is 5.97 Å². The summed E-state index contributed by atoms with van der Waals surface area (Å²) in [6.45, 7) is 4.00. The molecular formula is C18H17FN2O3. The number of hydrogen-bond donors (Lipinski definition) is 2. The lowest BCUT2D eigenvalue weighted by molar-refractivity contribution is 0.0691. The Morgan fingerprint density at radius 1 is 1.17 bits per heavy atom. The predicted molar refractivity (Wildman–Crippen MR) is 89.9 cm³/mol. The molecule has 0 aliphatic rings. The molecule has 1 aromatic heterocycles. The van der Waals surface area contributed by atoms with Crippen molar-refractivity contribution in [3.05, 3.63) is 75.5 Å². The van der Waals surface area contributed by atoms with Crippen LogP contribution in [0.25, 0.3) is 10.8 Å². The van der Waals surface area contributed by atoms with Crippen LogP contribution in [-0.2, 0) is 6.42 Å². The van der Waals surface area contributed by atoms with Crippen LogP contribution in [0.5, 0.6) is 0 Å². The molecule has 1 heterocycles. The molecular weight excluding hydrogens is 311 g/mol. The summed E-state index contributed by atoms with van der Waals surface area (Å²) in [6, 6.07) is 10.9. The summed E-state index contributed by atoms with van der Waals surface area (Å²) in [5, 5.41) is 16.6. The van der Waals surface area contributed by atoms with E-state index in [2.05, 4.69) is 10.2 Å². The van der Waals surface area contributed by atoms with Gasteiger partial charge in [0, 0.05) is 11.8 Å². The molecule has 6 heteroatoms. The van der Waals surface area contributed by atoms with Gasteiger partial charge in [-0.05, 0) is 23.8 Å². The maximum Gasteiger partial charge on any atom is 0.338 e. The normalized spacial score (nSPS) is 10.1. The third-order valence-corrected chi connectivity index (χ3v) is 3.41. The van der Waals surface area contributed by atoms with Crippen molar-refractivity contribution in [3.63, 3.8) is 0 Å². The molecule has 0 atom stereocenters. The second kappa shape index (κ2) is 7.50. The number of hydrogen-bond acceptors (Lipinski definition) is 3. The van der Waals surface area contributed by atoms with Crippen molar-refractivity contribution >= 4 is 16.7 Å². The van der Waals surface area contributed by atoms with Gasteiger partial charge < -0.3 is 5.11 Å². The standard InChI is InChI=1S/C16H11FN2O3.C2H6/c17-13-6-5-9(7-12(13)16(21)22)8-14-10-3-1-2-4-11(10)15(20)19-18-14;1-2/h1-7H,8H2,(H,19,20)(H,21,22);1-2H3. The number of carbonyl (C=O) groups is 1. The van der Waals surface area contributed by atoms with E-state index in [4.69, 9.17) is 5.11 Å². The lowest BCUT2D eigenvalue weighted by Crippen LogP contribution is -2.11. The molecule has 3 aromatic rings. The average molecular weight is 328 g/mol. The fourth-order valence-electron chi connectivity index (χ4n) is 2.35. The minimum absolute atomic E-state index is 0.287. The van der Waals surface area contributed by atoms with Gasteiger partial charge in [-0.25, -0.2) is 14.3 Å². The van der Waals surface area contributed by atoms with Gasteiger partial charge in [-0.3, -0.25) is 4.79 Å². The number of nitrogens with one attached hydrogen (secondary N) is 1. The van der Waals surface area contributed by atoms with E-state index >= 15 is 0 Å². The molecule has 2 N–H and O–H groups in total. The van der Waals surface area contributed by atoms with E-state index in [1.54, 1.807) is 24.3 Å². The van der Waals surface area contributed by atoms with E-state index in [9.17, 15) is 14.0 Å². The van der Waals surface area contributed by atoms with Gasteiger partial charge in [0.25, 0.3) is 5.56 Å². The molecule has 124 valence electrons. The lowest BCUT2D eigenvalue weighted by Gasteiger charge is -2.06. The maximum atomic E-state index is 13.4. The maximum absolute atomic E-state index is 13.4. The number of benzene rings is 2. The smallest absolute Gasteiger partial charge is 0.338 e. The quantitative estimate of drug-likeness (QED) is 0.772. The Hall–Kier alpha value is -3.02. The summed E-state index contributed by atoms with van der Waals surface area (Å²) in [4.78, 5) is 22.7. The van der Waals surface area contributed by atoms with Gasteiger partial charge in [-0.1, -0.05) is 38.1 Å². The first-order chi connectivity index (χ1) is 11.6. The lowest BCUT2D eigenvalue weighted by atomic mass is 10.0. The molecule has 5 nitrogen and oxygen atoms in total. The first-order valence-corrected chi connectivity index (χ1v) is 7.54. The van der Waals surface area contributed by atoms with Crippen molar-refractivity contribution in [1.29, 1.82) is 0 Å². The Kier molecular flexibility index (Phi) is 5.42. The third kappa shape index (κ3) is 3.48. The molecule has 0 aliphatic heterocycles.